The molecule has 4 fully saturated rings. The second-order valence-corrected chi connectivity index (χ2v) is 8.62. The number of amides is 1. The summed E-state index contributed by atoms with van der Waals surface area (Å²) in [6, 6.07) is 4.81. The molecule has 4 bridgehead atoms. The van der Waals surface area contributed by atoms with Crippen LogP contribution in [0.5, 0.6) is 0 Å². The standard InChI is InChI=1S/C19H24FN3O/c20-16-2-1-13-9-23(10-14(13)4-16)17(24)8-22-19-6-12-3-15(19)7-18(21,5-12)11-19/h1-2,4,12,15,22H,3,5-11,21H2. The van der Waals surface area contributed by atoms with Crippen LogP contribution >= 0.6 is 0 Å². The van der Waals surface area contributed by atoms with Crippen molar-refractivity contribution in [2.45, 2.75) is 56.3 Å². The number of nitrogens with two attached hydrogens (primary N) is 1. The number of nitrogens with one attached hydrogen (secondary N) is 1. The van der Waals surface area contributed by atoms with Gasteiger partial charge in [0, 0.05) is 24.2 Å². The summed E-state index contributed by atoms with van der Waals surface area (Å²) in [6.07, 6.45) is 5.73. The molecule has 4 saturated carbocycles. The largest absolute Gasteiger partial charge is 0.333 e. The zero-order valence-electron chi connectivity index (χ0n) is 13.9. The Hall–Kier alpha value is -1.46. The molecule has 1 aliphatic heterocycles. The van der Waals surface area contributed by atoms with E-state index < -0.39 is 0 Å². The molecule has 0 spiro atoms. The molecule has 6 rings (SSSR count). The lowest BCUT2D eigenvalue weighted by Gasteiger charge is -2.39. The van der Waals surface area contributed by atoms with E-state index >= 15 is 0 Å². The van der Waals surface area contributed by atoms with Gasteiger partial charge >= 0.3 is 0 Å². The lowest BCUT2D eigenvalue weighted by atomic mass is 9.75. The minimum absolute atomic E-state index is 0.00326. The van der Waals surface area contributed by atoms with E-state index in [1.54, 1.807) is 12.1 Å². The molecule has 24 heavy (non-hydrogen) atoms. The Bertz CT molecular complexity index is 723. The monoisotopic (exact) mass is 329 g/mol. The fourth-order valence-corrected chi connectivity index (χ4v) is 6.15. The number of benzene rings is 1. The van der Waals surface area contributed by atoms with Crippen LogP contribution in [-0.2, 0) is 17.9 Å². The molecule has 3 N–H and O–H groups in total. The number of carbonyl (C=O) groups excluding carboxylic acids is 1. The first-order valence-electron chi connectivity index (χ1n) is 9.04. The summed E-state index contributed by atoms with van der Waals surface area (Å²) in [5.41, 5.74) is 8.62. The van der Waals surface area contributed by atoms with Crippen LogP contribution < -0.4 is 11.1 Å². The van der Waals surface area contributed by atoms with Crippen LogP contribution in [0, 0.1) is 17.7 Å². The van der Waals surface area contributed by atoms with Crippen molar-refractivity contribution in [2.24, 2.45) is 17.6 Å². The van der Waals surface area contributed by atoms with Crippen LogP contribution in [0.15, 0.2) is 18.2 Å². The molecule has 4 aliphatic carbocycles. The first kappa shape index (κ1) is 14.8. The minimum Gasteiger partial charge on any atom is -0.333 e. The third-order valence-corrected chi connectivity index (χ3v) is 6.90. The molecule has 1 aromatic rings. The number of nitrogens with zero attached hydrogens (tertiary/aromatic N) is 1. The normalized spacial score (nSPS) is 38.8. The number of hydrogen-bond donors (Lipinski definition) is 2. The van der Waals surface area contributed by atoms with Crippen molar-refractivity contribution in [1.29, 1.82) is 0 Å². The molecule has 4 unspecified atom stereocenters. The lowest BCUT2D eigenvalue weighted by molar-refractivity contribution is -0.131. The summed E-state index contributed by atoms with van der Waals surface area (Å²) in [5, 5.41) is 3.61. The van der Waals surface area contributed by atoms with Gasteiger partial charge in [0.05, 0.1) is 6.54 Å². The van der Waals surface area contributed by atoms with Crippen molar-refractivity contribution >= 4 is 5.91 Å². The Labute approximate surface area is 141 Å². The smallest absolute Gasteiger partial charge is 0.237 e. The van der Waals surface area contributed by atoms with Gasteiger partial charge in [-0.05, 0) is 67.2 Å². The highest BCUT2D eigenvalue weighted by atomic mass is 19.1. The zero-order valence-corrected chi connectivity index (χ0v) is 13.9. The van der Waals surface area contributed by atoms with Crippen molar-refractivity contribution < 1.29 is 9.18 Å². The summed E-state index contributed by atoms with van der Waals surface area (Å²) in [5.74, 6) is 1.26. The molecule has 1 amide bonds. The van der Waals surface area contributed by atoms with Crippen LogP contribution in [0.3, 0.4) is 0 Å². The van der Waals surface area contributed by atoms with E-state index in [1.165, 1.54) is 18.9 Å². The molecule has 5 aliphatic rings. The maximum absolute atomic E-state index is 13.3. The van der Waals surface area contributed by atoms with Gasteiger partial charge in [0.2, 0.25) is 5.91 Å². The number of halogens is 1. The second kappa shape index (κ2) is 4.79. The highest BCUT2D eigenvalue weighted by Crippen LogP contribution is 2.61. The van der Waals surface area contributed by atoms with Gasteiger partial charge in [-0.15, -0.1) is 0 Å². The van der Waals surface area contributed by atoms with Gasteiger partial charge < -0.3 is 16.0 Å². The van der Waals surface area contributed by atoms with Gasteiger partial charge in [-0.3, -0.25) is 4.79 Å². The molecule has 4 nitrogen and oxygen atoms in total. The SMILES string of the molecule is NC12CC3CC(C1)C(NCC(=O)N1Cc4ccc(F)cc4C1)(C3)C2. The predicted octanol–water partition coefficient (Wildman–Crippen LogP) is 1.92. The Morgan fingerprint density at radius 3 is 2.96 bits per heavy atom. The van der Waals surface area contributed by atoms with Crippen LogP contribution in [0.1, 0.15) is 43.2 Å². The van der Waals surface area contributed by atoms with E-state index in [9.17, 15) is 9.18 Å². The van der Waals surface area contributed by atoms with Crippen molar-refractivity contribution in [3.05, 3.63) is 35.1 Å². The topological polar surface area (TPSA) is 58.4 Å². The van der Waals surface area contributed by atoms with E-state index in [0.717, 1.165) is 36.3 Å². The fraction of sp³-hybridized carbons (Fsp3) is 0.632. The maximum Gasteiger partial charge on any atom is 0.237 e. The fourth-order valence-electron chi connectivity index (χ4n) is 6.15. The Kier molecular flexibility index (Phi) is 2.97. The minimum atomic E-state index is -0.229. The average Bonchev–Trinajstić information content (AvgIpc) is 3.09. The number of fused-ring (bicyclic) bond motifs is 1. The summed E-state index contributed by atoms with van der Waals surface area (Å²) in [7, 11) is 0. The van der Waals surface area contributed by atoms with Crippen molar-refractivity contribution in [3.63, 3.8) is 0 Å². The molecule has 4 atom stereocenters. The average molecular weight is 329 g/mol. The van der Waals surface area contributed by atoms with Crippen molar-refractivity contribution in [3.8, 4) is 0 Å². The molecule has 5 heteroatoms. The summed E-state index contributed by atoms with van der Waals surface area (Å²) in [6.45, 7) is 1.49. The molecule has 0 radical (unpaired) electrons. The van der Waals surface area contributed by atoms with Crippen LogP contribution in [0.2, 0.25) is 0 Å². The van der Waals surface area contributed by atoms with Gasteiger partial charge in [-0.25, -0.2) is 4.39 Å². The number of rotatable bonds is 3. The zero-order chi connectivity index (χ0) is 16.5. The second-order valence-electron chi connectivity index (χ2n) is 8.62. The van der Waals surface area contributed by atoms with Gasteiger partial charge in [-0.1, -0.05) is 6.07 Å². The highest BCUT2D eigenvalue weighted by molar-refractivity contribution is 5.79. The summed E-state index contributed by atoms with van der Waals surface area (Å²) in [4.78, 5) is 14.5. The van der Waals surface area contributed by atoms with Crippen LogP contribution in [0.25, 0.3) is 0 Å². The third-order valence-electron chi connectivity index (χ3n) is 6.90. The Morgan fingerprint density at radius 2 is 2.12 bits per heavy atom. The molecular formula is C19H24FN3O. The van der Waals surface area contributed by atoms with Gasteiger partial charge in [0.25, 0.3) is 0 Å². The van der Waals surface area contributed by atoms with Crippen molar-refractivity contribution in [1.82, 2.24) is 10.2 Å². The van der Waals surface area contributed by atoms with Gasteiger partial charge in [-0.2, -0.15) is 0 Å². The van der Waals surface area contributed by atoms with E-state index in [0.29, 0.717) is 25.6 Å². The molecule has 0 aromatic heterocycles. The first-order chi connectivity index (χ1) is 11.4. The number of carbonyl (C=O) groups is 1. The van der Waals surface area contributed by atoms with E-state index in [2.05, 4.69) is 5.32 Å². The van der Waals surface area contributed by atoms with E-state index in [-0.39, 0.29) is 22.8 Å². The molecule has 1 heterocycles. The quantitative estimate of drug-likeness (QED) is 0.891. The van der Waals surface area contributed by atoms with E-state index in [4.69, 9.17) is 5.73 Å². The highest BCUT2D eigenvalue weighted by Gasteiger charge is 2.62. The molecule has 128 valence electrons. The molecule has 1 aromatic carbocycles. The first-order valence-corrected chi connectivity index (χ1v) is 9.04. The maximum atomic E-state index is 13.3. The third kappa shape index (κ3) is 2.14. The summed E-state index contributed by atoms with van der Waals surface area (Å²) < 4.78 is 13.3. The predicted molar refractivity (Wildman–Crippen MR) is 88.4 cm³/mol. The Balaban J connectivity index is 1.25. The molecular weight excluding hydrogens is 305 g/mol. The van der Waals surface area contributed by atoms with Crippen LogP contribution in [-0.4, -0.2) is 28.4 Å². The van der Waals surface area contributed by atoms with E-state index in [1.807, 2.05) is 4.90 Å². The van der Waals surface area contributed by atoms with Crippen LogP contribution in [0.4, 0.5) is 4.39 Å². The lowest BCUT2D eigenvalue weighted by Crippen LogP contribution is -2.53. The summed E-state index contributed by atoms with van der Waals surface area (Å²) >= 11 is 0. The van der Waals surface area contributed by atoms with Gasteiger partial charge in [0.1, 0.15) is 5.82 Å². The number of hydrogen-bond acceptors (Lipinski definition) is 3. The van der Waals surface area contributed by atoms with Crippen molar-refractivity contribution in [2.75, 3.05) is 6.54 Å². The van der Waals surface area contributed by atoms with Gasteiger partial charge in [0.15, 0.2) is 0 Å². The molecule has 0 saturated heterocycles. The Morgan fingerprint density at radius 1 is 1.29 bits per heavy atom.